The van der Waals surface area contributed by atoms with Crippen LogP contribution in [0.15, 0.2) is 50.9 Å². The van der Waals surface area contributed by atoms with E-state index in [4.69, 9.17) is 5.73 Å². The highest BCUT2D eigenvalue weighted by Crippen LogP contribution is 2.34. The van der Waals surface area contributed by atoms with Gasteiger partial charge in [-0.15, -0.1) is 0 Å². The quantitative estimate of drug-likeness (QED) is 0.859. The first kappa shape index (κ1) is 11.4. The molecule has 0 unspecified atom stereocenters. The Morgan fingerprint density at radius 3 is 2.62 bits per heavy atom. The minimum atomic E-state index is -0.314. The zero-order valence-electron chi connectivity index (χ0n) is 8.15. The average molecular weight is 299 g/mol. The molecule has 0 radical (unpaired) electrons. The Kier molecular flexibility index (Phi) is 3.46. The average Bonchev–Trinajstić information content (AvgIpc) is 2.27. The number of anilines is 1. The molecule has 0 saturated heterocycles. The van der Waals surface area contributed by atoms with Crippen molar-refractivity contribution in [3.63, 3.8) is 0 Å². The first-order valence-corrected chi connectivity index (χ1v) is 6.10. The lowest BCUT2D eigenvalue weighted by molar-refractivity contribution is 0.618. The Labute approximate surface area is 105 Å². The molecular weight excluding hydrogens is 291 g/mol. The largest absolute Gasteiger partial charge is 0.398 e. The van der Waals surface area contributed by atoms with Crippen LogP contribution in [0.2, 0.25) is 0 Å². The molecule has 2 aromatic rings. The lowest BCUT2D eigenvalue weighted by atomic mass is 10.3. The predicted octanol–water partition coefficient (Wildman–Crippen LogP) is 3.72. The van der Waals surface area contributed by atoms with E-state index in [0.29, 0.717) is 15.1 Å². The maximum Gasteiger partial charge on any atom is 0.138 e. The predicted molar refractivity (Wildman–Crippen MR) is 66.9 cm³/mol. The molecule has 0 atom stereocenters. The molecule has 5 heteroatoms. The second-order valence-electron chi connectivity index (χ2n) is 3.09. The van der Waals surface area contributed by atoms with Crippen LogP contribution in [0.1, 0.15) is 0 Å². The van der Waals surface area contributed by atoms with E-state index in [1.54, 1.807) is 18.5 Å². The number of hydrogen-bond donors (Lipinski definition) is 1. The monoisotopic (exact) mass is 298 g/mol. The van der Waals surface area contributed by atoms with E-state index in [2.05, 4.69) is 20.9 Å². The van der Waals surface area contributed by atoms with Crippen LogP contribution < -0.4 is 5.73 Å². The molecule has 2 nitrogen and oxygen atoms in total. The Bertz CT molecular complexity index is 505. The Morgan fingerprint density at radius 1 is 1.25 bits per heavy atom. The van der Waals surface area contributed by atoms with Gasteiger partial charge < -0.3 is 5.73 Å². The molecule has 0 saturated carbocycles. The summed E-state index contributed by atoms with van der Waals surface area (Å²) < 4.78 is 13.7. The molecule has 82 valence electrons. The Hall–Kier alpha value is -1.07. The minimum absolute atomic E-state index is 0.314. The van der Waals surface area contributed by atoms with Crippen LogP contribution in [0, 0.1) is 5.82 Å². The first-order chi connectivity index (χ1) is 7.66. The van der Waals surface area contributed by atoms with Gasteiger partial charge in [0.15, 0.2) is 0 Å². The molecule has 0 amide bonds. The van der Waals surface area contributed by atoms with E-state index < -0.39 is 0 Å². The van der Waals surface area contributed by atoms with Gasteiger partial charge in [0.05, 0.1) is 4.47 Å². The van der Waals surface area contributed by atoms with Crippen molar-refractivity contribution in [3.05, 3.63) is 46.9 Å². The van der Waals surface area contributed by atoms with Crippen LogP contribution in [0.25, 0.3) is 0 Å². The van der Waals surface area contributed by atoms with E-state index >= 15 is 0 Å². The van der Waals surface area contributed by atoms with Gasteiger partial charge in [-0.05, 0) is 40.2 Å². The number of halogens is 2. The smallest absolute Gasteiger partial charge is 0.138 e. The molecule has 0 fully saturated rings. The number of benzene rings is 1. The molecule has 2 N–H and O–H groups in total. The third kappa shape index (κ3) is 2.54. The topological polar surface area (TPSA) is 38.9 Å². The Balaban J connectivity index is 2.32. The van der Waals surface area contributed by atoms with Crippen LogP contribution in [0.4, 0.5) is 10.1 Å². The van der Waals surface area contributed by atoms with E-state index in [0.717, 1.165) is 4.90 Å². The van der Waals surface area contributed by atoms with Crippen molar-refractivity contribution in [1.29, 1.82) is 0 Å². The van der Waals surface area contributed by atoms with Crippen LogP contribution in [0.3, 0.4) is 0 Å². The highest BCUT2D eigenvalue weighted by Gasteiger charge is 2.07. The molecule has 1 aromatic carbocycles. The van der Waals surface area contributed by atoms with Gasteiger partial charge in [-0.2, -0.15) is 0 Å². The third-order valence-electron chi connectivity index (χ3n) is 1.93. The van der Waals surface area contributed by atoms with Crippen LogP contribution in [-0.2, 0) is 0 Å². The molecule has 0 aliphatic heterocycles. The van der Waals surface area contributed by atoms with Crippen molar-refractivity contribution in [2.75, 3.05) is 5.73 Å². The summed E-state index contributed by atoms with van der Waals surface area (Å²) in [6.07, 6.45) is 3.38. The Morgan fingerprint density at radius 2 is 1.94 bits per heavy atom. The third-order valence-corrected chi connectivity index (χ3v) is 3.62. The molecule has 1 aromatic heterocycles. The second-order valence-corrected chi connectivity index (χ2v) is 5.06. The fourth-order valence-corrected chi connectivity index (χ4v) is 2.38. The van der Waals surface area contributed by atoms with Gasteiger partial charge in [0, 0.05) is 27.9 Å². The maximum absolute atomic E-state index is 13.3. The van der Waals surface area contributed by atoms with E-state index in [9.17, 15) is 4.39 Å². The van der Waals surface area contributed by atoms with Crippen molar-refractivity contribution in [1.82, 2.24) is 4.98 Å². The number of aromatic nitrogens is 1. The van der Waals surface area contributed by atoms with Crippen molar-refractivity contribution < 1.29 is 4.39 Å². The molecule has 1 heterocycles. The van der Waals surface area contributed by atoms with Gasteiger partial charge in [0.25, 0.3) is 0 Å². The summed E-state index contributed by atoms with van der Waals surface area (Å²) in [6.45, 7) is 0. The maximum atomic E-state index is 13.3. The SMILES string of the molecule is Nc1cc(Br)c(F)cc1Sc1ccncc1. The number of hydrogen-bond acceptors (Lipinski definition) is 3. The minimum Gasteiger partial charge on any atom is -0.398 e. The normalized spacial score (nSPS) is 10.4. The van der Waals surface area contributed by atoms with Gasteiger partial charge in [0.2, 0.25) is 0 Å². The highest BCUT2D eigenvalue weighted by molar-refractivity contribution is 9.10. The van der Waals surface area contributed by atoms with Gasteiger partial charge in [-0.1, -0.05) is 11.8 Å². The van der Waals surface area contributed by atoms with Crippen molar-refractivity contribution in [2.45, 2.75) is 9.79 Å². The van der Waals surface area contributed by atoms with Gasteiger partial charge in [0.1, 0.15) is 5.82 Å². The zero-order chi connectivity index (χ0) is 11.5. The second kappa shape index (κ2) is 4.84. The molecule has 2 rings (SSSR count). The van der Waals surface area contributed by atoms with Crippen molar-refractivity contribution in [2.24, 2.45) is 0 Å². The standard InChI is InChI=1S/C11H8BrFN2S/c12-8-5-10(14)11(6-9(8)13)16-7-1-3-15-4-2-7/h1-6H,14H2. The van der Waals surface area contributed by atoms with Crippen LogP contribution in [-0.4, -0.2) is 4.98 Å². The van der Waals surface area contributed by atoms with Gasteiger partial charge in [-0.3, -0.25) is 4.98 Å². The lowest BCUT2D eigenvalue weighted by Gasteiger charge is -2.06. The van der Waals surface area contributed by atoms with Gasteiger partial charge >= 0.3 is 0 Å². The van der Waals surface area contributed by atoms with E-state index in [1.165, 1.54) is 17.8 Å². The highest BCUT2D eigenvalue weighted by atomic mass is 79.9. The molecule has 16 heavy (non-hydrogen) atoms. The van der Waals surface area contributed by atoms with E-state index in [1.807, 2.05) is 12.1 Å². The van der Waals surface area contributed by atoms with Crippen molar-refractivity contribution >= 4 is 33.4 Å². The number of nitrogen functional groups attached to an aromatic ring is 1. The summed E-state index contributed by atoms with van der Waals surface area (Å²) in [7, 11) is 0. The first-order valence-electron chi connectivity index (χ1n) is 4.49. The fourth-order valence-electron chi connectivity index (χ4n) is 1.17. The number of pyridine rings is 1. The molecule has 0 bridgehead atoms. The number of rotatable bonds is 2. The molecular formula is C11H8BrFN2S. The molecule has 0 aliphatic rings. The summed E-state index contributed by atoms with van der Waals surface area (Å²) in [4.78, 5) is 5.59. The van der Waals surface area contributed by atoms with Crippen LogP contribution >= 0.6 is 27.7 Å². The van der Waals surface area contributed by atoms with Crippen molar-refractivity contribution in [3.8, 4) is 0 Å². The van der Waals surface area contributed by atoms with Gasteiger partial charge in [-0.25, -0.2) is 4.39 Å². The summed E-state index contributed by atoms with van der Waals surface area (Å²) in [5, 5.41) is 0. The van der Waals surface area contributed by atoms with Crippen LogP contribution in [0.5, 0.6) is 0 Å². The number of nitrogens with zero attached hydrogens (tertiary/aromatic N) is 1. The summed E-state index contributed by atoms with van der Waals surface area (Å²) in [5.74, 6) is -0.314. The fraction of sp³-hybridized carbons (Fsp3) is 0. The summed E-state index contributed by atoms with van der Waals surface area (Å²) in [5.41, 5.74) is 6.36. The summed E-state index contributed by atoms with van der Waals surface area (Å²) in [6, 6.07) is 6.69. The molecule has 0 spiro atoms. The lowest BCUT2D eigenvalue weighted by Crippen LogP contribution is -1.91. The van der Waals surface area contributed by atoms with E-state index in [-0.39, 0.29) is 5.82 Å². The number of nitrogens with two attached hydrogens (primary N) is 1. The molecule has 0 aliphatic carbocycles. The zero-order valence-corrected chi connectivity index (χ0v) is 10.6. The summed E-state index contributed by atoms with van der Waals surface area (Å²) >= 11 is 4.50.